The van der Waals surface area contributed by atoms with Gasteiger partial charge in [0.15, 0.2) is 0 Å². The summed E-state index contributed by atoms with van der Waals surface area (Å²) in [5, 5.41) is 0. The summed E-state index contributed by atoms with van der Waals surface area (Å²) >= 11 is 0. The summed E-state index contributed by atoms with van der Waals surface area (Å²) in [5.41, 5.74) is 9.19. The minimum absolute atomic E-state index is 0.675. The van der Waals surface area contributed by atoms with Crippen LogP contribution < -0.4 is 0 Å². The van der Waals surface area contributed by atoms with Crippen LogP contribution in [-0.2, 0) is 25.7 Å². The minimum Gasteiger partial charge on any atom is -0.103 e. The molecule has 0 nitrogen and oxygen atoms in total. The van der Waals surface area contributed by atoms with Crippen LogP contribution >= 0.6 is 0 Å². The molecule has 0 aliphatic rings. The molecule has 31 heavy (non-hydrogen) atoms. The molecule has 0 saturated heterocycles. The summed E-state index contributed by atoms with van der Waals surface area (Å²) in [6, 6.07) is 15.8. The Balaban J connectivity index is 2.56. The zero-order chi connectivity index (χ0) is 22.5. The predicted octanol–water partition coefficient (Wildman–Crippen LogP) is 9.16. The summed E-state index contributed by atoms with van der Waals surface area (Å²) in [6.07, 6.45) is 16.4. The van der Waals surface area contributed by atoms with Crippen LogP contribution in [0.15, 0.2) is 60.7 Å². The normalized spacial score (nSPS) is 11.8. The molecule has 0 heterocycles. The number of aryl methyl sites for hydroxylation is 2. The summed E-state index contributed by atoms with van der Waals surface area (Å²) in [5.74, 6) is 0.675. The van der Waals surface area contributed by atoms with Crippen LogP contribution in [0.4, 0.5) is 0 Å². The second-order valence-corrected chi connectivity index (χ2v) is 8.82. The summed E-state index contributed by atoms with van der Waals surface area (Å²) in [4.78, 5) is 0. The number of rotatable bonds is 14. The topological polar surface area (TPSA) is 0 Å². The number of hydrogen-bond donors (Lipinski definition) is 0. The van der Waals surface area contributed by atoms with E-state index in [1.54, 1.807) is 11.1 Å². The van der Waals surface area contributed by atoms with Gasteiger partial charge in [-0.05, 0) is 85.1 Å². The van der Waals surface area contributed by atoms with Gasteiger partial charge >= 0.3 is 0 Å². The third-order valence-corrected chi connectivity index (χ3v) is 6.51. The average Bonchev–Trinajstić information content (AvgIpc) is 2.79. The Morgan fingerprint density at radius 1 is 0.871 bits per heavy atom. The second-order valence-electron chi connectivity index (χ2n) is 8.82. The van der Waals surface area contributed by atoms with Gasteiger partial charge in [0.2, 0.25) is 0 Å². The van der Waals surface area contributed by atoms with E-state index in [1.807, 2.05) is 6.08 Å². The van der Waals surface area contributed by atoms with Crippen molar-refractivity contribution in [2.24, 2.45) is 5.92 Å². The maximum Gasteiger partial charge on any atom is -0.00610 e. The molecule has 0 amide bonds. The van der Waals surface area contributed by atoms with Gasteiger partial charge in [0.25, 0.3) is 0 Å². The van der Waals surface area contributed by atoms with Gasteiger partial charge in [-0.15, -0.1) is 6.58 Å². The van der Waals surface area contributed by atoms with Gasteiger partial charge in [-0.2, -0.15) is 0 Å². The fourth-order valence-corrected chi connectivity index (χ4v) is 4.88. The zero-order valence-electron chi connectivity index (χ0n) is 20.6. The van der Waals surface area contributed by atoms with Crippen molar-refractivity contribution in [1.29, 1.82) is 0 Å². The molecule has 0 aromatic heterocycles. The highest BCUT2D eigenvalue weighted by atomic mass is 14.2. The minimum atomic E-state index is 0.675. The van der Waals surface area contributed by atoms with Crippen LogP contribution in [0.1, 0.15) is 94.0 Å². The van der Waals surface area contributed by atoms with E-state index in [2.05, 4.69) is 82.8 Å². The highest BCUT2D eigenvalue weighted by Crippen LogP contribution is 2.31. The van der Waals surface area contributed by atoms with Gasteiger partial charge in [0.05, 0.1) is 0 Å². The molecular formula is C31H44. The Labute approximate surface area is 192 Å². The van der Waals surface area contributed by atoms with Crippen molar-refractivity contribution in [2.75, 3.05) is 0 Å². The predicted molar refractivity (Wildman–Crippen MR) is 140 cm³/mol. The first-order valence-corrected chi connectivity index (χ1v) is 12.7. The molecular weight excluding hydrogens is 372 g/mol. The maximum atomic E-state index is 3.90. The lowest BCUT2D eigenvalue weighted by Gasteiger charge is -2.23. The molecule has 0 aliphatic heterocycles. The molecule has 0 saturated carbocycles. The maximum absolute atomic E-state index is 3.90. The first kappa shape index (κ1) is 25.2. The van der Waals surface area contributed by atoms with Crippen LogP contribution in [0.5, 0.6) is 0 Å². The number of allylic oxidation sites excluding steroid dienone is 2. The Hall–Kier alpha value is -2.08. The standard InChI is InChI=1S/C31H44/c1-6-11-13-20-28-22-21-26(9-4)31(30(28)10-5)24-29(27(16-7-2)17-8-3)23-25-18-14-12-15-19-25/h6,12,14-15,18-19,21-22,24,27H,1,7-11,13,16-17,20,23H2,2-5H3/b29-24+. The van der Waals surface area contributed by atoms with Gasteiger partial charge < -0.3 is 0 Å². The van der Waals surface area contributed by atoms with Crippen molar-refractivity contribution in [2.45, 2.75) is 91.9 Å². The van der Waals surface area contributed by atoms with Crippen LogP contribution in [0, 0.1) is 5.92 Å². The fourth-order valence-electron chi connectivity index (χ4n) is 4.88. The molecule has 0 spiro atoms. The molecule has 0 radical (unpaired) electrons. The first-order chi connectivity index (χ1) is 15.2. The fraction of sp³-hybridized carbons (Fsp3) is 0.484. The lowest BCUT2D eigenvalue weighted by atomic mass is 9.82. The average molecular weight is 417 g/mol. The molecule has 0 fully saturated rings. The van der Waals surface area contributed by atoms with E-state index in [-0.39, 0.29) is 0 Å². The Morgan fingerprint density at radius 2 is 1.55 bits per heavy atom. The Bertz CT molecular complexity index is 803. The second kappa shape index (κ2) is 14.1. The lowest BCUT2D eigenvalue weighted by Crippen LogP contribution is -2.09. The SMILES string of the molecule is C=CCCCc1ccc(CC)c(/C=C(\Cc2ccccc2)C(CCC)CCC)c1CC. The molecule has 0 bridgehead atoms. The summed E-state index contributed by atoms with van der Waals surface area (Å²) < 4.78 is 0. The van der Waals surface area contributed by atoms with E-state index in [1.165, 1.54) is 54.4 Å². The van der Waals surface area contributed by atoms with Crippen molar-refractivity contribution in [3.63, 3.8) is 0 Å². The van der Waals surface area contributed by atoms with E-state index in [0.29, 0.717) is 5.92 Å². The molecule has 168 valence electrons. The number of benzene rings is 2. The molecule has 0 atom stereocenters. The first-order valence-electron chi connectivity index (χ1n) is 12.7. The van der Waals surface area contributed by atoms with E-state index < -0.39 is 0 Å². The quantitative estimate of drug-likeness (QED) is 0.213. The van der Waals surface area contributed by atoms with E-state index in [9.17, 15) is 0 Å². The van der Waals surface area contributed by atoms with E-state index in [0.717, 1.165) is 32.1 Å². The Kier molecular flexibility index (Phi) is 11.4. The third-order valence-electron chi connectivity index (χ3n) is 6.51. The largest absolute Gasteiger partial charge is 0.103 e. The molecule has 2 rings (SSSR count). The van der Waals surface area contributed by atoms with Crippen LogP contribution in [-0.4, -0.2) is 0 Å². The van der Waals surface area contributed by atoms with Gasteiger partial charge in [-0.25, -0.2) is 0 Å². The Morgan fingerprint density at radius 3 is 2.13 bits per heavy atom. The molecule has 0 N–H and O–H groups in total. The van der Waals surface area contributed by atoms with Gasteiger partial charge in [0.1, 0.15) is 0 Å². The zero-order valence-corrected chi connectivity index (χ0v) is 20.6. The molecule has 2 aromatic carbocycles. The number of unbranched alkanes of at least 4 members (excludes halogenated alkanes) is 1. The molecule has 0 unspecified atom stereocenters. The summed E-state index contributed by atoms with van der Waals surface area (Å²) in [6.45, 7) is 13.2. The number of hydrogen-bond acceptors (Lipinski definition) is 0. The van der Waals surface area contributed by atoms with Crippen molar-refractivity contribution >= 4 is 6.08 Å². The van der Waals surface area contributed by atoms with Crippen LogP contribution in [0.25, 0.3) is 6.08 Å². The highest BCUT2D eigenvalue weighted by molar-refractivity contribution is 5.63. The van der Waals surface area contributed by atoms with Crippen molar-refractivity contribution in [3.8, 4) is 0 Å². The van der Waals surface area contributed by atoms with E-state index >= 15 is 0 Å². The molecule has 2 aromatic rings. The smallest absolute Gasteiger partial charge is 0.00610 e. The van der Waals surface area contributed by atoms with Crippen molar-refractivity contribution < 1.29 is 0 Å². The highest BCUT2D eigenvalue weighted by Gasteiger charge is 2.17. The monoisotopic (exact) mass is 416 g/mol. The lowest BCUT2D eigenvalue weighted by molar-refractivity contribution is 0.498. The third kappa shape index (κ3) is 7.53. The van der Waals surface area contributed by atoms with Gasteiger partial charge in [0, 0.05) is 0 Å². The van der Waals surface area contributed by atoms with Gasteiger partial charge in [-0.1, -0.05) is 101 Å². The van der Waals surface area contributed by atoms with Crippen molar-refractivity contribution in [1.82, 2.24) is 0 Å². The van der Waals surface area contributed by atoms with Gasteiger partial charge in [-0.3, -0.25) is 0 Å². The van der Waals surface area contributed by atoms with Crippen LogP contribution in [0.3, 0.4) is 0 Å². The van der Waals surface area contributed by atoms with E-state index in [4.69, 9.17) is 0 Å². The molecule has 0 aliphatic carbocycles. The van der Waals surface area contributed by atoms with Crippen LogP contribution in [0.2, 0.25) is 0 Å². The molecule has 0 heteroatoms. The van der Waals surface area contributed by atoms with Crippen molar-refractivity contribution in [3.05, 3.63) is 88.5 Å². The summed E-state index contributed by atoms with van der Waals surface area (Å²) in [7, 11) is 0.